The lowest BCUT2D eigenvalue weighted by atomic mass is 10.3. The van der Waals surface area contributed by atoms with Crippen LogP contribution < -0.4 is 10.1 Å². The van der Waals surface area contributed by atoms with Crippen LogP contribution in [0, 0.1) is 0 Å². The zero-order valence-electron chi connectivity index (χ0n) is 9.65. The van der Waals surface area contributed by atoms with Gasteiger partial charge in [0.15, 0.2) is 6.61 Å². The second-order valence-electron chi connectivity index (χ2n) is 3.61. The summed E-state index contributed by atoms with van der Waals surface area (Å²) in [7, 11) is 0. The minimum Gasteiger partial charge on any atom is -0.484 e. The maximum Gasteiger partial charge on any atom is 0.258 e. The first-order valence-corrected chi connectivity index (χ1v) is 6.24. The van der Waals surface area contributed by atoms with Gasteiger partial charge in [-0.2, -0.15) is 0 Å². The van der Waals surface area contributed by atoms with Crippen molar-refractivity contribution in [1.29, 1.82) is 0 Å². The van der Waals surface area contributed by atoms with Gasteiger partial charge in [-0.05, 0) is 30.7 Å². The molecule has 0 heterocycles. The highest BCUT2D eigenvalue weighted by Gasteiger charge is 2.05. The number of aliphatic hydroxyl groups is 1. The van der Waals surface area contributed by atoms with Crippen LogP contribution in [0.1, 0.15) is 13.3 Å². The van der Waals surface area contributed by atoms with E-state index in [1.54, 1.807) is 12.1 Å². The minimum absolute atomic E-state index is 0.0436. The van der Waals surface area contributed by atoms with E-state index in [-0.39, 0.29) is 19.1 Å². The van der Waals surface area contributed by atoms with Crippen molar-refractivity contribution in [2.45, 2.75) is 19.4 Å². The fourth-order valence-electron chi connectivity index (χ4n) is 1.11. The molecule has 1 atom stereocenters. The highest BCUT2D eigenvalue weighted by atomic mass is 79.9. The number of ether oxygens (including phenoxy) is 1. The maximum absolute atomic E-state index is 11.3. The summed E-state index contributed by atoms with van der Waals surface area (Å²) in [6.45, 7) is 2.08. The Morgan fingerprint density at radius 2 is 2.12 bits per heavy atom. The third-order valence-corrected chi connectivity index (χ3v) is 2.72. The van der Waals surface area contributed by atoms with Crippen molar-refractivity contribution in [3.05, 3.63) is 28.7 Å². The molecule has 17 heavy (non-hydrogen) atoms. The van der Waals surface area contributed by atoms with Crippen LogP contribution in [-0.2, 0) is 4.79 Å². The molecule has 1 aromatic rings. The second kappa shape index (κ2) is 7.29. The summed E-state index contributed by atoms with van der Waals surface area (Å²) >= 11 is 3.31. The highest BCUT2D eigenvalue weighted by molar-refractivity contribution is 9.10. The Hall–Kier alpha value is -1.07. The van der Waals surface area contributed by atoms with Crippen LogP contribution in [0.25, 0.3) is 0 Å². The number of carbonyl (C=O) groups excluding carboxylic acids is 1. The summed E-state index contributed by atoms with van der Waals surface area (Å²) in [6, 6.07) is 7.23. The SMILES string of the molecule is CCC(O)CNC(=O)COc1ccc(Br)cc1. The fraction of sp³-hybridized carbons (Fsp3) is 0.417. The smallest absolute Gasteiger partial charge is 0.258 e. The van der Waals surface area contributed by atoms with Gasteiger partial charge in [-0.25, -0.2) is 0 Å². The summed E-state index contributed by atoms with van der Waals surface area (Å²) in [4.78, 5) is 11.3. The molecule has 0 aliphatic rings. The summed E-state index contributed by atoms with van der Waals surface area (Å²) in [5.74, 6) is 0.403. The van der Waals surface area contributed by atoms with Gasteiger partial charge < -0.3 is 15.2 Å². The van der Waals surface area contributed by atoms with E-state index in [9.17, 15) is 9.90 Å². The van der Waals surface area contributed by atoms with E-state index in [0.717, 1.165) is 4.47 Å². The van der Waals surface area contributed by atoms with Gasteiger partial charge >= 0.3 is 0 Å². The molecule has 0 saturated heterocycles. The molecule has 5 heteroatoms. The molecular formula is C12H16BrNO3. The number of hydrogen-bond acceptors (Lipinski definition) is 3. The number of hydrogen-bond donors (Lipinski definition) is 2. The van der Waals surface area contributed by atoms with Crippen LogP contribution >= 0.6 is 15.9 Å². The van der Waals surface area contributed by atoms with Crippen molar-refractivity contribution in [3.8, 4) is 5.75 Å². The molecule has 0 saturated carbocycles. The van der Waals surface area contributed by atoms with Crippen LogP contribution in [0.5, 0.6) is 5.75 Å². The number of nitrogens with one attached hydrogen (secondary N) is 1. The number of rotatable bonds is 6. The minimum atomic E-state index is -0.494. The Morgan fingerprint density at radius 1 is 1.47 bits per heavy atom. The van der Waals surface area contributed by atoms with Crippen molar-refractivity contribution < 1.29 is 14.6 Å². The predicted molar refractivity (Wildman–Crippen MR) is 68.9 cm³/mol. The molecule has 0 bridgehead atoms. The molecule has 4 nitrogen and oxygen atoms in total. The monoisotopic (exact) mass is 301 g/mol. The van der Waals surface area contributed by atoms with Gasteiger partial charge in [-0.1, -0.05) is 22.9 Å². The Balaban J connectivity index is 2.26. The molecule has 0 aliphatic heterocycles. The number of carbonyl (C=O) groups is 1. The Bertz CT molecular complexity index is 353. The van der Waals surface area contributed by atoms with Gasteiger partial charge in [0, 0.05) is 11.0 Å². The molecule has 2 N–H and O–H groups in total. The number of benzene rings is 1. The Labute approximate surface area is 109 Å². The van der Waals surface area contributed by atoms with E-state index in [4.69, 9.17) is 4.74 Å². The van der Waals surface area contributed by atoms with Gasteiger partial charge in [0.05, 0.1) is 6.10 Å². The van der Waals surface area contributed by atoms with E-state index in [0.29, 0.717) is 12.2 Å². The molecule has 94 valence electrons. The molecule has 0 aromatic heterocycles. The predicted octanol–water partition coefficient (Wildman–Crippen LogP) is 1.71. The molecule has 0 spiro atoms. The highest BCUT2D eigenvalue weighted by Crippen LogP contribution is 2.15. The molecule has 1 rings (SSSR count). The van der Waals surface area contributed by atoms with Crippen LogP contribution in [0.4, 0.5) is 0 Å². The first-order valence-electron chi connectivity index (χ1n) is 5.45. The molecule has 1 unspecified atom stereocenters. The third kappa shape index (κ3) is 5.70. The summed E-state index contributed by atoms with van der Waals surface area (Å²) < 4.78 is 6.23. The Kier molecular flexibility index (Phi) is 6.00. The van der Waals surface area contributed by atoms with Crippen molar-refractivity contribution in [2.24, 2.45) is 0 Å². The van der Waals surface area contributed by atoms with E-state index >= 15 is 0 Å². The third-order valence-electron chi connectivity index (χ3n) is 2.19. The summed E-state index contributed by atoms with van der Waals surface area (Å²) in [6.07, 6.45) is 0.125. The quantitative estimate of drug-likeness (QED) is 0.841. The van der Waals surface area contributed by atoms with Gasteiger partial charge in [0.25, 0.3) is 5.91 Å². The normalized spacial score (nSPS) is 11.9. The molecule has 1 aromatic carbocycles. The van der Waals surface area contributed by atoms with Crippen molar-refractivity contribution in [2.75, 3.05) is 13.2 Å². The second-order valence-corrected chi connectivity index (χ2v) is 4.52. The van der Waals surface area contributed by atoms with E-state index < -0.39 is 6.10 Å². The van der Waals surface area contributed by atoms with Crippen molar-refractivity contribution in [1.82, 2.24) is 5.32 Å². The first-order chi connectivity index (χ1) is 8.11. The lowest BCUT2D eigenvalue weighted by Gasteiger charge is -2.10. The van der Waals surface area contributed by atoms with E-state index in [1.807, 2.05) is 19.1 Å². The van der Waals surface area contributed by atoms with Gasteiger partial charge in [-0.15, -0.1) is 0 Å². The average molecular weight is 302 g/mol. The standard InChI is InChI=1S/C12H16BrNO3/c1-2-10(15)7-14-12(16)8-17-11-5-3-9(13)4-6-11/h3-6,10,15H,2,7-8H2,1H3,(H,14,16). The zero-order chi connectivity index (χ0) is 12.7. The average Bonchev–Trinajstić information content (AvgIpc) is 2.35. The summed E-state index contributed by atoms with van der Waals surface area (Å²) in [5.41, 5.74) is 0. The molecule has 0 fully saturated rings. The van der Waals surface area contributed by atoms with Crippen LogP contribution in [0.2, 0.25) is 0 Å². The van der Waals surface area contributed by atoms with Gasteiger partial charge in [0.2, 0.25) is 0 Å². The number of halogens is 1. The van der Waals surface area contributed by atoms with E-state index in [2.05, 4.69) is 21.2 Å². The molecule has 1 amide bonds. The fourth-order valence-corrected chi connectivity index (χ4v) is 1.37. The summed E-state index contributed by atoms with van der Waals surface area (Å²) in [5, 5.41) is 11.9. The number of amides is 1. The molecular weight excluding hydrogens is 286 g/mol. The van der Waals surface area contributed by atoms with Crippen molar-refractivity contribution >= 4 is 21.8 Å². The topological polar surface area (TPSA) is 58.6 Å². The lowest BCUT2D eigenvalue weighted by Crippen LogP contribution is -2.35. The number of aliphatic hydroxyl groups excluding tert-OH is 1. The zero-order valence-corrected chi connectivity index (χ0v) is 11.2. The van der Waals surface area contributed by atoms with Crippen molar-refractivity contribution in [3.63, 3.8) is 0 Å². The Morgan fingerprint density at radius 3 is 2.71 bits per heavy atom. The van der Waals surface area contributed by atoms with Gasteiger partial charge in [0.1, 0.15) is 5.75 Å². The van der Waals surface area contributed by atoms with Crippen LogP contribution in [0.3, 0.4) is 0 Å². The first kappa shape index (κ1) is 14.0. The van der Waals surface area contributed by atoms with E-state index in [1.165, 1.54) is 0 Å². The lowest BCUT2D eigenvalue weighted by molar-refractivity contribution is -0.123. The van der Waals surface area contributed by atoms with Crippen LogP contribution in [0.15, 0.2) is 28.7 Å². The van der Waals surface area contributed by atoms with Crippen LogP contribution in [-0.4, -0.2) is 30.3 Å². The molecule has 0 aliphatic carbocycles. The molecule has 0 radical (unpaired) electrons. The largest absolute Gasteiger partial charge is 0.484 e. The maximum atomic E-state index is 11.3. The van der Waals surface area contributed by atoms with Gasteiger partial charge in [-0.3, -0.25) is 4.79 Å².